The topological polar surface area (TPSA) is 3.88 Å². The summed E-state index contributed by atoms with van der Waals surface area (Å²) in [5.74, 6) is 2.96. The highest BCUT2D eigenvalue weighted by atomic mass is 32.2. The molecule has 4 bridgehead atoms. The number of fused-ring (bicyclic) bond motifs is 3. The number of hydrogen-bond acceptors (Lipinski definition) is 2. The largest absolute Gasteiger partial charge is 0.222 e. The Bertz CT molecular complexity index is 1420. The zero-order chi connectivity index (χ0) is 21.2. The molecule has 0 unspecified atom stereocenters. The molecule has 4 aliphatic carbocycles. The molecule has 3 heteroatoms. The second-order valence-electron chi connectivity index (χ2n) is 11.2. The Morgan fingerprint density at radius 3 is 2.44 bits per heavy atom. The van der Waals surface area contributed by atoms with Gasteiger partial charge in [-0.3, -0.25) is 0 Å². The van der Waals surface area contributed by atoms with Crippen LogP contribution in [0.25, 0.3) is 32.1 Å². The fourth-order valence-corrected chi connectivity index (χ4v) is 10.6. The van der Waals surface area contributed by atoms with E-state index in [0.717, 1.165) is 17.8 Å². The molecule has 0 atom stereocenters. The molecule has 3 heterocycles. The molecule has 2 aromatic carbocycles. The molecule has 0 amide bonds. The Morgan fingerprint density at radius 1 is 0.938 bits per heavy atom. The van der Waals surface area contributed by atoms with E-state index in [0.29, 0.717) is 5.41 Å². The summed E-state index contributed by atoms with van der Waals surface area (Å²) in [6.07, 6.45) is 11.1. The first kappa shape index (κ1) is 18.6. The van der Waals surface area contributed by atoms with Crippen LogP contribution in [-0.2, 0) is 12.5 Å². The molecule has 9 rings (SSSR count). The maximum Gasteiger partial charge on any atom is 0.222 e. The quantitative estimate of drug-likeness (QED) is 0.234. The van der Waals surface area contributed by atoms with Gasteiger partial charge in [-0.2, -0.15) is 0 Å². The van der Waals surface area contributed by atoms with E-state index in [2.05, 4.69) is 60.4 Å². The van der Waals surface area contributed by atoms with Crippen LogP contribution in [0.2, 0.25) is 0 Å². The van der Waals surface area contributed by atoms with Crippen LogP contribution in [-0.4, -0.2) is 0 Å². The zero-order valence-electron chi connectivity index (χ0n) is 18.8. The van der Waals surface area contributed by atoms with Gasteiger partial charge in [0.05, 0.1) is 10.9 Å². The smallest absolute Gasteiger partial charge is 0.200 e. The lowest BCUT2D eigenvalue weighted by Crippen LogP contribution is -2.48. The molecule has 4 aromatic rings. The average molecular weight is 455 g/mol. The summed E-state index contributed by atoms with van der Waals surface area (Å²) in [5.41, 5.74) is 6.40. The lowest BCUT2D eigenvalue weighted by atomic mass is 9.48. The highest BCUT2D eigenvalue weighted by Gasteiger charge is 2.51. The number of aryl methyl sites for hydroxylation is 2. The van der Waals surface area contributed by atoms with Crippen LogP contribution in [0, 0.1) is 24.7 Å². The molecule has 1 aliphatic heterocycles. The first-order valence-corrected chi connectivity index (χ1v) is 13.9. The van der Waals surface area contributed by atoms with Crippen LogP contribution in [0.1, 0.15) is 49.7 Å². The van der Waals surface area contributed by atoms with Crippen molar-refractivity contribution in [3.8, 4) is 11.3 Å². The maximum absolute atomic E-state index is 2.63. The number of pyridine rings is 1. The van der Waals surface area contributed by atoms with Crippen LogP contribution in [0.4, 0.5) is 0 Å². The Morgan fingerprint density at radius 2 is 1.69 bits per heavy atom. The van der Waals surface area contributed by atoms with Gasteiger partial charge in [-0.1, -0.05) is 17.8 Å². The van der Waals surface area contributed by atoms with Crippen molar-refractivity contribution in [2.45, 2.75) is 60.7 Å². The summed E-state index contributed by atoms with van der Waals surface area (Å²) in [6, 6.07) is 12.3. The molecule has 0 saturated heterocycles. The zero-order valence-corrected chi connectivity index (χ0v) is 20.4. The Kier molecular flexibility index (Phi) is 3.59. The van der Waals surface area contributed by atoms with E-state index in [1.54, 1.807) is 5.56 Å². The second kappa shape index (κ2) is 6.18. The van der Waals surface area contributed by atoms with Gasteiger partial charge in [-0.15, -0.1) is 11.3 Å². The maximum atomic E-state index is 2.63. The normalized spacial score (nSPS) is 29.8. The van der Waals surface area contributed by atoms with Gasteiger partial charge in [0, 0.05) is 20.6 Å². The molecule has 0 radical (unpaired) electrons. The second-order valence-corrected chi connectivity index (χ2v) is 13.3. The summed E-state index contributed by atoms with van der Waals surface area (Å²) in [4.78, 5) is 2.93. The van der Waals surface area contributed by atoms with Crippen molar-refractivity contribution in [2.75, 3.05) is 0 Å². The summed E-state index contributed by atoms with van der Waals surface area (Å²) in [7, 11) is 2.22. The molecule has 5 aliphatic rings. The van der Waals surface area contributed by atoms with Crippen molar-refractivity contribution >= 4 is 44.0 Å². The van der Waals surface area contributed by atoms with Crippen molar-refractivity contribution < 1.29 is 4.57 Å². The highest BCUT2D eigenvalue weighted by Crippen LogP contribution is 2.61. The minimum absolute atomic E-state index is 0.450. The molecule has 160 valence electrons. The van der Waals surface area contributed by atoms with E-state index in [-0.39, 0.29) is 0 Å². The predicted octanol–water partition coefficient (Wildman–Crippen LogP) is 7.79. The number of aromatic nitrogens is 1. The van der Waals surface area contributed by atoms with Gasteiger partial charge >= 0.3 is 0 Å². The van der Waals surface area contributed by atoms with Gasteiger partial charge in [0.25, 0.3) is 0 Å². The fraction of sp³-hybridized carbons (Fsp3) is 0.414. The van der Waals surface area contributed by atoms with Crippen molar-refractivity contribution in [3.63, 3.8) is 0 Å². The standard InChI is InChI=1S/C29H28NS2/c1-16-22-4-6-31-23(22)12-25-26(16)28-27-20(3-5-30(28)2)10-21(11-24(27)32-25)29-13-17-7-18(14-29)9-19(8-17)15-29/h3-6,10-12,17-19H,7-9,13-15H2,1-2H3/q+1. The van der Waals surface area contributed by atoms with Gasteiger partial charge < -0.3 is 0 Å². The molecular weight excluding hydrogens is 426 g/mol. The lowest BCUT2D eigenvalue weighted by Gasteiger charge is -2.57. The van der Waals surface area contributed by atoms with Gasteiger partial charge in [0.2, 0.25) is 5.69 Å². The first-order valence-electron chi connectivity index (χ1n) is 12.2. The number of benzene rings is 2. The molecule has 4 fully saturated rings. The van der Waals surface area contributed by atoms with E-state index in [1.165, 1.54) is 86.0 Å². The van der Waals surface area contributed by atoms with E-state index >= 15 is 0 Å². The fourth-order valence-electron chi connectivity index (χ4n) is 8.36. The van der Waals surface area contributed by atoms with E-state index in [4.69, 9.17) is 0 Å². The van der Waals surface area contributed by atoms with Gasteiger partial charge in [0.1, 0.15) is 7.05 Å². The van der Waals surface area contributed by atoms with Gasteiger partial charge in [-0.25, -0.2) is 4.57 Å². The summed E-state index contributed by atoms with van der Waals surface area (Å²) in [6.45, 7) is 2.32. The third-order valence-electron chi connectivity index (χ3n) is 9.29. The first-order chi connectivity index (χ1) is 15.6. The van der Waals surface area contributed by atoms with Crippen LogP contribution in [0.15, 0.2) is 51.7 Å². The van der Waals surface area contributed by atoms with Crippen LogP contribution in [0.3, 0.4) is 0 Å². The summed E-state index contributed by atoms with van der Waals surface area (Å²) < 4.78 is 3.78. The monoisotopic (exact) mass is 454 g/mol. The third kappa shape index (κ3) is 2.34. The minimum atomic E-state index is 0.450. The molecule has 1 nitrogen and oxygen atoms in total. The van der Waals surface area contributed by atoms with Crippen LogP contribution < -0.4 is 4.57 Å². The van der Waals surface area contributed by atoms with Crippen molar-refractivity contribution in [1.82, 2.24) is 0 Å². The Labute approximate surface area is 197 Å². The van der Waals surface area contributed by atoms with Crippen LogP contribution >= 0.6 is 23.1 Å². The van der Waals surface area contributed by atoms with Crippen molar-refractivity contribution in [1.29, 1.82) is 0 Å². The Hall–Kier alpha value is -1.84. The van der Waals surface area contributed by atoms with Gasteiger partial charge in [-0.05, 0) is 114 Å². The lowest BCUT2D eigenvalue weighted by molar-refractivity contribution is -0.659. The molecular formula is C29H28NS2+. The SMILES string of the molecule is Cc1c2c(cc3sccc13)Sc1cc(C34CC5CC(CC(C5)C3)C4)cc3cc[n+](C)c-2c13. The number of nitrogens with zero attached hydrogens (tertiary/aromatic N) is 1. The molecule has 0 spiro atoms. The van der Waals surface area contributed by atoms with Crippen molar-refractivity contribution in [3.05, 3.63) is 53.0 Å². The predicted molar refractivity (Wildman–Crippen MR) is 135 cm³/mol. The molecule has 4 saturated carbocycles. The van der Waals surface area contributed by atoms with E-state index in [9.17, 15) is 0 Å². The molecule has 0 N–H and O–H groups in total. The number of rotatable bonds is 1. The van der Waals surface area contributed by atoms with Gasteiger partial charge in [0.15, 0.2) is 6.20 Å². The van der Waals surface area contributed by atoms with E-state index in [1.807, 2.05) is 23.1 Å². The molecule has 2 aromatic heterocycles. The average Bonchev–Trinajstić information content (AvgIpc) is 3.23. The highest BCUT2D eigenvalue weighted by molar-refractivity contribution is 7.99. The summed E-state index contributed by atoms with van der Waals surface area (Å²) in [5, 5.41) is 6.58. The number of hydrogen-bond donors (Lipinski definition) is 0. The van der Waals surface area contributed by atoms with E-state index < -0.39 is 0 Å². The van der Waals surface area contributed by atoms with Crippen molar-refractivity contribution in [2.24, 2.45) is 24.8 Å². The molecule has 32 heavy (non-hydrogen) atoms. The Balaban J connectivity index is 1.39. The third-order valence-corrected chi connectivity index (χ3v) is 11.2. The summed E-state index contributed by atoms with van der Waals surface area (Å²) >= 11 is 3.90. The minimum Gasteiger partial charge on any atom is -0.200 e. The number of thiophene rings is 1. The van der Waals surface area contributed by atoms with Crippen LogP contribution in [0.5, 0.6) is 0 Å².